The molecule has 0 saturated carbocycles. The smallest absolute Gasteiger partial charge is 0.251 e. The van der Waals surface area contributed by atoms with E-state index < -0.39 is 0 Å². The van der Waals surface area contributed by atoms with Crippen LogP contribution in [0.2, 0.25) is 0 Å². The van der Waals surface area contributed by atoms with Gasteiger partial charge in [-0.3, -0.25) is 4.79 Å². The van der Waals surface area contributed by atoms with Gasteiger partial charge in [0.05, 0.1) is 23.3 Å². The summed E-state index contributed by atoms with van der Waals surface area (Å²) in [5.41, 5.74) is 6.88. The number of fused-ring (bicyclic) bond motifs is 3. The lowest BCUT2D eigenvalue weighted by Crippen LogP contribution is -2.19. The van der Waals surface area contributed by atoms with Gasteiger partial charge in [0.15, 0.2) is 0 Å². The SMILES string of the molecule is Cc1noc(C)c1-c1ccc2c(c1)[nH]c1ccc(=O)n(Cc3ccccc3)c12. The fraction of sp³-hybridized carbons (Fsp3) is 0.130. The minimum Gasteiger partial charge on any atom is -0.361 e. The molecule has 0 aliphatic carbocycles. The summed E-state index contributed by atoms with van der Waals surface area (Å²) in [7, 11) is 0. The maximum atomic E-state index is 12.7. The topological polar surface area (TPSA) is 63.8 Å². The van der Waals surface area contributed by atoms with Gasteiger partial charge in [-0.1, -0.05) is 47.6 Å². The number of pyridine rings is 1. The van der Waals surface area contributed by atoms with E-state index in [-0.39, 0.29) is 5.56 Å². The summed E-state index contributed by atoms with van der Waals surface area (Å²) in [5, 5.41) is 5.08. The Balaban J connectivity index is 1.73. The molecule has 0 spiro atoms. The van der Waals surface area contributed by atoms with Gasteiger partial charge in [-0.15, -0.1) is 0 Å². The predicted octanol–water partition coefficient (Wildman–Crippen LogP) is 4.80. The minimum atomic E-state index is -0.00736. The van der Waals surface area contributed by atoms with E-state index in [0.29, 0.717) is 6.54 Å². The second-order valence-electron chi connectivity index (χ2n) is 7.09. The van der Waals surface area contributed by atoms with Crippen molar-refractivity contribution < 1.29 is 4.52 Å². The number of hydrogen-bond donors (Lipinski definition) is 1. The number of rotatable bonds is 3. The molecule has 5 aromatic rings. The maximum absolute atomic E-state index is 12.7. The van der Waals surface area contributed by atoms with Crippen molar-refractivity contribution in [1.82, 2.24) is 14.7 Å². The van der Waals surface area contributed by atoms with Crippen LogP contribution in [0.4, 0.5) is 0 Å². The third-order valence-electron chi connectivity index (χ3n) is 5.23. The van der Waals surface area contributed by atoms with Gasteiger partial charge in [0, 0.05) is 22.5 Å². The van der Waals surface area contributed by atoms with Crippen molar-refractivity contribution in [2.75, 3.05) is 0 Å². The number of aryl methyl sites for hydroxylation is 2. The fourth-order valence-corrected chi connectivity index (χ4v) is 3.94. The Bertz CT molecular complexity index is 1350. The lowest BCUT2D eigenvalue weighted by Gasteiger charge is -2.08. The van der Waals surface area contributed by atoms with Crippen LogP contribution in [-0.4, -0.2) is 14.7 Å². The second-order valence-corrected chi connectivity index (χ2v) is 7.09. The minimum absolute atomic E-state index is 0.00736. The Labute approximate surface area is 161 Å². The van der Waals surface area contributed by atoms with Crippen LogP contribution in [0, 0.1) is 13.8 Å². The quantitative estimate of drug-likeness (QED) is 0.497. The first-order valence-corrected chi connectivity index (χ1v) is 9.24. The highest BCUT2D eigenvalue weighted by atomic mass is 16.5. The highest BCUT2D eigenvalue weighted by Crippen LogP contribution is 2.32. The molecule has 3 aromatic heterocycles. The van der Waals surface area contributed by atoms with Crippen molar-refractivity contribution in [3.8, 4) is 11.1 Å². The predicted molar refractivity (Wildman–Crippen MR) is 111 cm³/mol. The molecule has 0 fully saturated rings. The van der Waals surface area contributed by atoms with E-state index in [0.717, 1.165) is 50.1 Å². The highest BCUT2D eigenvalue weighted by molar-refractivity contribution is 6.06. The molecule has 0 bridgehead atoms. The molecule has 3 heterocycles. The lowest BCUT2D eigenvalue weighted by atomic mass is 10.0. The molecule has 0 aliphatic rings. The summed E-state index contributed by atoms with van der Waals surface area (Å²) in [4.78, 5) is 16.1. The van der Waals surface area contributed by atoms with Gasteiger partial charge in [0.1, 0.15) is 5.76 Å². The van der Waals surface area contributed by atoms with Crippen molar-refractivity contribution >= 4 is 21.9 Å². The van der Waals surface area contributed by atoms with Crippen LogP contribution in [0.1, 0.15) is 17.0 Å². The van der Waals surface area contributed by atoms with Crippen molar-refractivity contribution in [2.45, 2.75) is 20.4 Å². The standard InChI is InChI=1S/C23H19N3O2/c1-14-22(15(2)28-25-14)17-8-9-18-20(12-17)24-19-10-11-21(27)26(23(18)19)13-16-6-4-3-5-7-16/h3-12,24H,13H2,1-2H3. The number of H-pyrrole nitrogens is 1. The molecule has 1 N–H and O–H groups in total. The highest BCUT2D eigenvalue weighted by Gasteiger charge is 2.15. The van der Waals surface area contributed by atoms with E-state index in [1.165, 1.54) is 0 Å². The van der Waals surface area contributed by atoms with Crippen molar-refractivity contribution in [1.29, 1.82) is 0 Å². The maximum Gasteiger partial charge on any atom is 0.251 e. The van der Waals surface area contributed by atoms with Gasteiger partial charge in [-0.25, -0.2) is 0 Å². The molecule has 5 nitrogen and oxygen atoms in total. The van der Waals surface area contributed by atoms with E-state index in [9.17, 15) is 4.79 Å². The Kier molecular flexibility index (Phi) is 3.69. The molecule has 0 unspecified atom stereocenters. The van der Waals surface area contributed by atoms with Crippen molar-refractivity contribution in [2.24, 2.45) is 0 Å². The van der Waals surface area contributed by atoms with Crippen LogP contribution in [0.15, 0.2) is 70.0 Å². The third-order valence-corrected chi connectivity index (χ3v) is 5.23. The molecule has 0 saturated heterocycles. The van der Waals surface area contributed by atoms with E-state index in [4.69, 9.17) is 4.52 Å². The van der Waals surface area contributed by atoms with Gasteiger partial charge in [0.2, 0.25) is 0 Å². The molecule has 0 amide bonds. The zero-order chi connectivity index (χ0) is 19.3. The Morgan fingerprint density at radius 2 is 1.82 bits per heavy atom. The molecule has 138 valence electrons. The number of nitrogens with zero attached hydrogens (tertiary/aromatic N) is 2. The fourth-order valence-electron chi connectivity index (χ4n) is 3.94. The molecular formula is C23H19N3O2. The monoisotopic (exact) mass is 369 g/mol. The van der Waals surface area contributed by atoms with Gasteiger partial charge in [-0.05, 0) is 37.1 Å². The zero-order valence-electron chi connectivity index (χ0n) is 15.7. The summed E-state index contributed by atoms with van der Waals surface area (Å²) in [5.74, 6) is 0.800. The molecule has 5 rings (SSSR count). The normalized spacial score (nSPS) is 11.5. The molecule has 2 aromatic carbocycles. The number of nitrogens with one attached hydrogen (secondary N) is 1. The summed E-state index contributed by atoms with van der Waals surface area (Å²) >= 11 is 0. The van der Waals surface area contributed by atoms with Crippen LogP contribution in [0.5, 0.6) is 0 Å². The van der Waals surface area contributed by atoms with Gasteiger partial charge >= 0.3 is 0 Å². The average Bonchev–Trinajstić information content (AvgIpc) is 3.24. The van der Waals surface area contributed by atoms with Gasteiger partial charge < -0.3 is 14.1 Å². The number of aromatic nitrogens is 3. The Morgan fingerprint density at radius 3 is 2.57 bits per heavy atom. The summed E-state index contributed by atoms with van der Waals surface area (Å²) in [6, 6.07) is 19.7. The molecule has 0 aliphatic heterocycles. The summed E-state index contributed by atoms with van der Waals surface area (Å²) in [6.45, 7) is 4.40. The second kappa shape index (κ2) is 6.23. The molecule has 0 atom stereocenters. The van der Waals surface area contributed by atoms with Crippen LogP contribution < -0.4 is 5.56 Å². The van der Waals surface area contributed by atoms with Crippen LogP contribution in [0.3, 0.4) is 0 Å². The Morgan fingerprint density at radius 1 is 1.00 bits per heavy atom. The first-order valence-electron chi connectivity index (χ1n) is 9.24. The van der Waals surface area contributed by atoms with Crippen molar-refractivity contribution in [3.63, 3.8) is 0 Å². The van der Waals surface area contributed by atoms with Gasteiger partial charge in [-0.2, -0.15) is 0 Å². The van der Waals surface area contributed by atoms with Crippen molar-refractivity contribution in [3.05, 3.63) is 88.0 Å². The zero-order valence-corrected chi connectivity index (χ0v) is 15.7. The van der Waals surface area contributed by atoms with Crippen LogP contribution >= 0.6 is 0 Å². The van der Waals surface area contributed by atoms with E-state index in [1.54, 1.807) is 6.07 Å². The van der Waals surface area contributed by atoms with E-state index in [2.05, 4.69) is 28.3 Å². The number of aromatic amines is 1. The molecule has 28 heavy (non-hydrogen) atoms. The molecule has 5 heteroatoms. The average molecular weight is 369 g/mol. The summed E-state index contributed by atoms with van der Waals surface area (Å²) < 4.78 is 7.15. The number of hydrogen-bond acceptors (Lipinski definition) is 3. The van der Waals surface area contributed by atoms with E-state index in [1.807, 2.05) is 54.8 Å². The Hall–Kier alpha value is -3.60. The molecular weight excluding hydrogens is 350 g/mol. The lowest BCUT2D eigenvalue weighted by molar-refractivity contribution is 0.393. The van der Waals surface area contributed by atoms with E-state index >= 15 is 0 Å². The first kappa shape index (κ1) is 16.6. The van der Waals surface area contributed by atoms with Crippen LogP contribution in [-0.2, 0) is 6.54 Å². The summed E-state index contributed by atoms with van der Waals surface area (Å²) in [6.07, 6.45) is 0. The largest absolute Gasteiger partial charge is 0.361 e. The third kappa shape index (κ3) is 2.55. The number of benzene rings is 2. The first-order chi connectivity index (χ1) is 13.6. The van der Waals surface area contributed by atoms with Gasteiger partial charge in [0.25, 0.3) is 5.56 Å². The molecule has 0 radical (unpaired) electrons. The van der Waals surface area contributed by atoms with Crippen LogP contribution in [0.25, 0.3) is 33.1 Å².